The average molecular weight is 370 g/mol. The lowest BCUT2D eigenvalue weighted by Crippen LogP contribution is -2.13. The number of nitrogens with zero attached hydrogens (tertiary/aromatic N) is 1. The molecule has 0 saturated carbocycles. The van der Waals surface area contributed by atoms with Crippen LogP contribution >= 0.6 is 15.9 Å². The standard InChI is InChI=1S/C13H9BrFN3O2S/c14-10-5-4-8(6-11(10)15)21(19,20)18-13-3-1-2-12-9(13)7-16-17-12/h1-7,18H,(H,16,17). The van der Waals surface area contributed by atoms with E-state index in [4.69, 9.17) is 0 Å². The fraction of sp³-hybridized carbons (Fsp3) is 0. The van der Waals surface area contributed by atoms with E-state index in [1.54, 1.807) is 18.2 Å². The Morgan fingerprint density at radius 1 is 1.24 bits per heavy atom. The van der Waals surface area contributed by atoms with Crippen molar-refractivity contribution >= 4 is 42.5 Å². The molecule has 0 amide bonds. The Morgan fingerprint density at radius 3 is 2.81 bits per heavy atom. The van der Waals surface area contributed by atoms with Crippen LogP contribution < -0.4 is 4.72 Å². The fourth-order valence-electron chi connectivity index (χ4n) is 1.90. The molecule has 108 valence electrons. The number of anilines is 1. The molecule has 21 heavy (non-hydrogen) atoms. The minimum atomic E-state index is -3.87. The highest BCUT2D eigenvalue weighted by Gasteiger charge is 2.17. The van der Waals surface area contributed by atoms with Crippen LogP contribution in [0.25, 0.3) is 10.9 Å². The Balaban J connectivity index is 2.03. The highest BCUT2D eigenvalue weighted by molar-refractivity contribution is 9.10. The van der Waals surface area contributed by atoms with Gasteiger partial charge in [-0.1, -0.05) is 6.07 Å². The quantitative estimate of drug-likeness (QED) is 0.743. The van der Waals surface area contributed by atoms with Gasteiger partial charge in [0.05, 0.1) is 26.8 Å². The Morgan fingerprint density at radius 2 is 2.05 bits per heavy atom. The number of nitrogens with one attached hydrogen (secondary N) is 2. The molecule has 3 aromatic rings. The first kappa shape index (κ1) is 14.0. The molecular weight excluding hydrogens is 361 g/mol. The van der Waals surface area contributed by atoms with Crippen molar-refractivity contribution < 1.29 is 12.8 Å². The molecule has 0 fully saturated rings. The first-order chi connectivity index (χ1) is 9.97. The van der Waals surface area contributed by atoms with Crippen LogP contribution in [0.2, 0.25) is 0 Å². The van der Waals surface area contributed by atoms with Gasteiger partial charge in [0.15, 0.2) is 0 Å². The van der Waals surface area contributed by atoms with Crippen molar-refractivity contribution in [1.29, 1.82) is 0 Å². The van der Waals surface area contributed by atoms with Gasteiger partial charge in [0, 0.05) is 5.39 Å². The number of H-pyrrole nitrogens is 1. The normalized spacial score (nSPS) is 11.7. The Bertz CT molecular complexity index is 924. The van der Waals surface area contributed by atoms with Gasteiger partial charge in [0.25, 0.3) is 10.0 Å². The van der Waals surface area contributed by atoms with Gasteiger partial charge in [-0.05, 0) is 46.3 Å². The van der Waals surface area contributed by atoms with Crippen LogP contribution in [0.4, 0.5) is 10.1 Å². The van der Waals surface area contributed by atoms with E-state index in [1.807, 2.05) is 0 Å². The third-order valence-electron chi connectivity index (χ3n) is 2.93. The second kappa shape index (κ2) is 5.12. The second-order valence-electron chi connectivity index (χ2n) is 4.32. The van der Waals surface area contributed by atoms with E-state index >= 15 is 0 Å². The van der Waals surface area contributed by atoms with Crippen LogP contribution in [0.3, 0.4) is 0 Å². The van der Waals surface area contributed by atoms with Gasteiger partial charge in [-0.3, -0.25) is 9.82 Å². The van der Waals surface area contributed by atoms with Crippen molar-refractivity contribution in [3.05, 3.63) is 52.9 Å². The molecule has 5 nitrogen and oxygen atoms in total. The zero-order valence-electron chi connectivity index (χ0n) is 10.5. The molecule has 0 spiro atoms. The molecule has 0 atom stereocenters. The van der Waals surface area contributed by atoms with Gasteiger partial charge in [-0.2, -0.15) is 5.10 Å². The van der Waals surface area contributed by atoms with Gasteiger partial charge in [0.1, 0.15) is 5.82 Å². The summed E-state index contributed by atoms with van der Waals surface area (Å²) >= 11 is 2.99. The number of halogens is 2. The number of hydrogen-bond donors (Lipinski definition) is 2. The summed E-state index contributed by atoms with van der Waals surface area (Å²) in [5.74, 6) is -0.639. The molecule has 0 saturated heterocycles. The van der Waals surface area contributed by atoms with Gasteiger partial charge in [0.2, 0.25) is 0 Å². The maximum absolute atomic E-state index is 13.5. The van der Waals surface area contributed by atoms with Crippen LogP contribution in [-0.2, 0) is 10.0 Å². The second-order valence-corrected chi connectivity index (χ2v) is 6.85. The minimum absolute atomic E-state index is 0.149. The van der Waals surface area contributed by atoms with E-state index in [0.717, 1.165) is 6.07 Å². The van der Waals surface area contributed by atoms with Crippen molar-refractivity contribution in [2.45, 2.75) is 4.90 Å². The average Bonchev–Trinajstić information content (AvgIpc) is 2.91. The fourth-order valence-corrected chi connectivity index (χ4v) is 3.24. The van der Waals surface area contributed by atoms with E-state index in [0.29, 0.717) is 16.6 Å². The summed E-state index contributed by atoms with van der Waals surface area (Å²) in [6, 6.07) is 8.72. The smallest absolute Gasteiger partial charge is 0.262 e. The Kier molecular flexibility index (Phi) is 3.42. The van der Waals surface area contributed by atoms with E-state index in [-0.39, 0.29) is 9.37 Å². The monoisotopic (exact) mass is 369 g/mol. The number of aromatic amines is 1. The molecule has 0 aliphatic carbocycles. The summed E-state index contributed by atoms with van der Waals surface area (Å²) in [4.78, 5) is -0.149. The molecule has 0 bridgehead atoms. The summed E-state index contributed by atoms with van der Waals surface area (Å²) in [6.45, 7) is 0. The SMILES string of the molecule is O=S(=O)(Nc1cccc2[nH]ncc12)c1ccc(Br)c(F)c1. The number of aromatic nitrogens is 2. The van der Waals surface area contributed by atoms with Gasteiger partial charge in [-0.15, -0.1) is 0 Å². The predicted molar refractivity (Wildman–Crippen MR) is 81.0 cm³/mol. The molecule has 0 unspecified atom stereocenters. The molecule has 0 aliphatic heterocycles. The van der Waals surface area contributed by atoms with Crippen LogP contribution in [0.1, 0.15) is 0 Å². The van der Waals surface area contributed by atoms with Crippen LogP contribution in [-0.4, -0.2) is 18.6 Å². The molecule has 0 aliphatic rings. The van der Waals surface area contributed by atoms with E-state index in [9.17, 15) is 12.8 Å². The molecule has 2 aromatic carbocycles. The lowest BCUT2D eigenvalue weighted by atomic mass is 10.2. The Labute approximate surface area is 128 Å². The Hall–Kier alpha value is -1.93. The van der Waals surface area contributed by atoms with Gasteiger partial charge < -0.3 is 0 Å². The first-order valence-electron chi connectivity index (χ1n) is 5.87. The number of fused-ring (bicyclic) bond motifs is 1. The molecule has 1 heterocycles. The largest absolute Gasteiger partial charge is 0.279 e. The van der Waals surface area contributed by atoms with Crippen molar-refractivity contribution in [3.63, 3.8) is 0 Å². The number of hydrogen-bond acceptors (Lipinski definition) is 3. The van der Waals surface area contributed by atoms with Crippen molar-refractivity contribution in [2.24, 2.45) is 0 Å². The molecule has 2 N–H and O–H groups in total. The van der Waals surface area contributed by atoms with Crippen LogP contribution in [0.15, 0.2) is 52.0 Å². The number of sulfonamides is 1. The highest BCUT2D eigenvalue weighted by atomic mass is 79.9. The van der Waals surface area contributed by atoms with Crippen molar-refractivity contribution in [2.75, 3.05) is 4.72 Å². The molecule has 0 radical (unpaired) electrons. The lowest BCUT2D eigenvalue weighted by Gasteiger charge is -2.09. The molecule has 8 heteroatoms. The maximum atomic E-state index is 13.5. The lowest BCUT2D eigenvalue weighted by molar-refractivity contribution is 0.594. The summed E-state index contributed by atoms with van der Waals surface area (Å²) in [5, 5.41) is 7.25. The first-order valence-corrected chi connectivity index (χ1v) is 8.15. The van der Waals surface area contributed by atoms with Crippen molar-refractivity contribution in [3.8, 4) is 0 Å². The molecular formula is C13H9BrFN3O2S. The zero-order chi connectivity index (χ0) is 15.0. The molecule has 3 rings (SSSR count). The summed E-state index contributed by atoms with van der Waals surface area (Å²) in [5.41, 5.74) is 1.08. The minimum Gasteiger partial charge on any atom is -0.279 e. The zero-order valence-corrected chi connectivity index (χ0v) is 12.9. The summed E-state index contributed by atoms with van der Waals surface area (Å²) in [6.07, 6.45) is 1.52. The summed E-state index contributed by atoms with van der Waals surface area (Å²) < 4.78 is 40.8. The highest BCUT2D eigenvalue weighted by Crippen LogP contribution is 2.25. The predicted octanol–water partition coefficient (Wildman–Crippen LogP) is 3.27. The van der Waals surface area contributed by atoms with Crippen LogP contribution in [0.5, 0.6) is 0 Å². The van der Waals surface area contributed by atoms with E-state index in [2.05, 4.69) is 30.8 Å². The third-order valence-corrected chi connectivity index (χ3v) is 4.94. The van der Waals surface area contributed by atoms with E-state index < -0.39 is 15.8 Å². The summed E-state index contributed by atoms with van der Waals surface area (Å²) in [7, 11) is -3.87. The van der Waals surface area contributed by atoms with Crippen molar-refractivity contribution in [1.82, 2.24) is 10.2 Å². The van der Waals surface area contributed by atoms with Gasteiger partial charge >= 0.3 is 0 Å². The third kappa shape index (κ3) is 2.64. The van der Waals surface area contributed by atoms with Gasteiger partial charge in [-0.25, -0.2) is 12.8 Å². The maximum Gasteiger partial charge on any atom is 0.262 e. The van der Waals surface area contributed by atoms with E-state index in [1.165, 1.54) is 18.3 Å². The van der Waals surface area contributed by atoms with Crippen LogP contribution in [0, 0.1) is 5.82 Å². The number of benzene rings is 2. The number of rotatable bonds is 3. The molecule has 1 aromatic heterocycles. The topological polar surface area (TPSA) is 74.8 Å².